The van der Waals surface area contributed by atoms with E-state index < -0.39 is 5.54 Å². The Morgan fingerprint density at radius 2 is 2.29 bits per heavy atom. The zero-order valence-electron chi connectivity index (χ0n) is 8.95. The standard InChI is InChI=1S/C10H17N3O/c1-10(2,11)7-8(14)6-9-12-4-5-13(9)3/h4-5H,6-7,11H2,1-3H3. The maximum Gasteiger partial charge on any atom is 0.142 e. The molecule has 0 aliphatic rings. The maximum atomic E-state index is 11.5. The predicted molar refractivity (Wildman–Crippen MR) is 54.8 cm³/mol. The Hall–Kier alpha value is -1.16. The summed E-state index contributed by atoms with van der Waals surface area (Å²) in [6.07, 6.45) is 4.27. The molecule has 0 aliphatic carbocycles. The van der Waals surface area contributed by atoms with E-state index in [0.717, 1.165) is 5.82 Å². The van der Waals surface area contributed by atoms with Gasteiger partial charge in [-0.05, 0) is 13.8 Å². The molecule has 0 amide bonds. The van der Waals surface area contributed by atoms with Crippen LogP contribution in [0.4, 0.5) is 0 Å². The van der Waals surface area contributed by atoms with Gasteiger partial charge in [-0.15, -0.1) is 0 Å². The molecule has 4 heteroatoms. The second-order valence-electron chi connectivity index (χ2n) is 4.34. The molecule has 0 fully saturated rings. The first-order chi connectivity index (χ1) is 6.38. The summed E-state index contributed by atoms with van der Waals surface area (Å²) in [6, 6.07) is 0. The van der Waals surface area contributed by atoms with E-state index in [0.29, 0.717) is 12.8 Å². The van der Waals surface area contributed by atoms with Crippen molar-refractivity contribution in [3.05, 3.63) is 18.2 Å². The molecule has 4 nitrogen and oxygen atoms in total. The van der Waals surface area contributed by atoms with Crippen LogP contribution in [0.5, 0.6) is 0 Å². The fourth-order valence-electron chi connectivity index (χ4n) is 1.31. The van der Waals surface area contributed by atoms with Gasteiger partial charge >= 0.3 is 0 Å². The summed E-state index contributed by atoms with van der Waals surface area (Å²) in [4.78, 5) is 15.6. The Morgan fingerprint density at radius 1 is 1.64 bits per heavy atom. The molecule has 78 valence electrons. The number of hydrogen-bond donors (Lipinski definition) is 1. The van der Waals surface area contributed by atoms with Gasteiger partial charge in [0, 0.05) is 31.4 Å². The lowest BCUT2D eigenvalue weighted by Gasteiger charge is -2.16. The molecule has 0 bridgehead atoms. The molecule has 1 heterocycles. The van der Waals surface area contributed by atoms with E-state index in [-0.39, 0.29) is 5.78 Å². The summed E-state index contributed by atoms with van der Waals surface area (Å²) in [7, 11) is 1.88. The van der Waals surface area contributed by atoms with Crippen molar-refractivity contribution in [1.29, 1.82) is 0 Å². The summed E-state index contributed by atoms with van der Waals surface area (Å²) >= 11 is 0. The normalized spacial score (nSPS) is 11.7. The fraction of sp³-hybridized carbons (Fsp3) is 0.600. The molecule has 1 aromatic heterocycles. The minimum absolute atomic E-state index is 0.131. The lowest BCUT2D eigenvalue weighted by Crippen LogP contribution is -2.35. The zero-order valence-corrected chi connectivity index (χ0v) is 8.95. The van der Waals surface area contributed by atoms with Gasteiger partial charge in [-0.1, -0.05) is 0 Å². The number of aromatic nitrogens is 2. The van der Waals surface area contributed by atoms with Gasteiger partial charge in [0.2, 0.25) is 0 Å². The van der Waals surface area contributed by atoms with E-state index in [1.165, 1.54) is 0 Å². The second kappa shape index (κ2) is 3.92. The van der Waals surface area contributed by atoms with Crippen molar-refractivity contribution >= 4 is 5.78 Å². The number of imidazole rings is 1. The highest BCUT2D eigenvalue weighted by Crippen LogP contribution is 2.07. The number of hydrogen-bond acceptors (Lipinski definition) is 3. The van der Waals surface area contributed by atoms with Crippen LogP contribution in [-0.4, -0.2) is 20.9 Å². The first-order valence-electron chi connectivity index (χ1n) is 4.65. The van der Waals surface area contributed by atoms with Crippen LogP contribution < -0.4 is 5.73 Å². The third-order valence-electron chi connectivity index (χ3n) is 1.93. The van der Waals surface area contributed by atoms with Crippen molar-refractivity contribution in [2.75, 3.05) is 0 Å². The van der Waals surface area contributed by atoms with Crippen molar-refractivity contribution < 1.29 is 4.79 Å². The molecule has 14 heavy (non-hydrogen) atoms. The first-order valence-corrected chi connectivity index (χ1v) is 4.65. The molecule has 0 spiro atoms. The summed E-state index contributed by atoms with van der Waals surface area (Å²) < 4.78 is 1.85. The number of Topliss-reactive ketones (excluding diaryl/α,β-unsaturated/α-hetero) is 1. The van der Waals surface area contributed by atoms with Crippen molar-refractivity contribution in [1.82, 2.24) is 9.55 Å². The number of rotatable bonds is 4. The molecule has 0 atom stereocenters. The Bertz CT molecular complexity index is 322. The molecule has 0 saturated heterocycles. The molecule has 2 N–H and O–H groups in total. The number of carbonyl (C=O) groups is 1. The molecule has 1 aromatic rings. The van der Waals surface area contributed by atoms with E-state index in [1.807, 2.05) is 31.7 Å². The number of nitrogens with two attached hydrogens (primary N) is 1. The van der Waals surface area contributed by atoms with Crippen LogP contribution in [0.2, 0.25) is 0 Å². The molecular formula is C10H17N3O. The van der Waals surface area contributed by atoms with Gasteiger partial charge < -0.3 is 10.3 Å². The van der Waals surface area contributed by atoms with E-state index in [4.69, 9.17) is 5.73 Å². The highest BCUT2D eigenvalue weighted by atomic mass is 16.1. The Morgan fingerprint density at radius 3 is 2.71 bits per heavy atom. The number of nitrogens with zero attached hydrogens (tertiary/aromatic N) is 2. The molecule has 0 aliphatic heterocycles. The van der Waals surface area contributed by atoms with E-state index in [9.17, 15) is 4.79 Å². The number of aryl methyl sites for hydroxylation is 1. The largest absolute Gasteiger partial charge is 0.338 e. The van der Waals surface area contributed by atoms with E-state index >= 15 is 0 Å². The van der Waals surface area contributed by atoms with Crippen LogP contribution in [0.15, 0.2) is 12.4 Å². The number of ketones is 1. The van der Waals surface area contributed by atoms with Crippen LogP contribution in [0.25, 0.3) is 0 Å². The van der Waals surface area contributed by atoms with Crippen molar-refractivity contribution in [2.24, 2.45) is 12.8 Å². The van der Waals surface area contributed by atoms with Crippen LogP contribution in [0.1, 0.15) is 26.1 Å². The van der Waals surface area contributed by atoms with Gasteiger partial charge in [0.15, 0.2) is 0 Å². The van der Waals surface area contributed by atoms with E-state index in [1.54, 1.807) is 6.20 Å². The Balaban J connectivity index is 2.54. The van der Waals surface area contributed by atoms with Crippen LogP contribution in [-0.2, 0) is 18.3 Å². The van der Waals surface area contributed by atoms with Gasteiger partial charge in [0.1, 0.15) is 11.6 Å². The second-order valence-corrected chi connectivity index (χ2v) is 4.34. The van der Waals surface area contributed by atoms with Gasteiger partial charge in [-0.25, -0.2) is 4.98 Å². The SMILES string of the molecule is Cn1ccnc1CC(=O)CC(C)(C)N. The minimum Gasteiger partial charge on any atom is -0.338 e. The fourth-order valence-corrected chi connectivity index (χ4v) is 1.31. The third-order valence-corrected chi connectivity index (χ3v) is 1.93. The lowest BCUT2D eigenvalue weighted by molar-refractivity contribution is -0.119. The first kappa shape index (κ1) is 10.9. The minimum atomic E-state index is -0.428. The van der Waals surface area contributed by atoms with Crippen LogP contribution in [0.3, 0.4) is 0 Å². The summed E-state index contributed by atoms with van der Waals surface area (Å²) in [6.45, 7) is 3.70. The highest BCUT2D eigenvalue weighted by molar-refractivity contribution is 5.81. The highest BCUT2D eigenvalue weighted by Gasteiger charge is 2.17. The molecule has 0 unspecified atom stereocenters. The van der Waals surface area contributed by atoms with Crippen molar-refractivity contribution in [3.63, 3.8) is 0 Å². The molecule has 0 radical (unpaired) electrons. The average Bonchev–Trinajstić information content (AvgIpc) is 2.32. The predicted octanol–water partition coefficient (Wildman–Crippen LogP) is 0.659. The summed E-state index contributed by atoms with van der Waals surface area (Å²) in [5.74, 6) is 0.922. The van der Waals surface area contributed by atoms with Crippen molar-refractivity contribution in [3.8, 4) is 0 Å². The van der Waals surface area contributed by atoms with Gasteiger partial charge in [0.25, 0.3) is 0 Å². The Kier molecular flexibility index (Phi) is 3.06. The monoisotopic (exact) mass is 195 g/mol. The van der Waals surface area contributed by atoms with Gasteiger partial charge in [-0.3, -0.25) is 4.79 Å². The van der Waals surface area contributed by atoms with Crippen molar-refractivity contribution in [2.45, 2.75) is 32.2 Å². The summed E-state index contributed by atoms with van der Waals surface area (Å²) in [5.41, 5.74) is 5.33. The summed E-state index contributed by atoms with van der Waals surface area (Å²) in [5, 5.41) is 0. The van der Waals surface area contributed by atoms with Gasteiger partial charge in [-0.2, -0.15) is 0 Å². The van der Waals surface area contributed by atoms with Gasteiger partial charge in [0.05, 0.1) is 6.42 Å². The van der Waals surface area contributed by atoms with Crippen LogP contribution in [0, 0.1) is 0 Å². The topological polar surface area (TPSA) is 60.9 Å². The van der Waals surface area contributed by atoms with Crippen LogP contribution >= 0.6 is 0 Å². The average molecular weight is 195 g/mol. The molecule has 1 rings (SSSR count). The smallest absolute Gasteiger partial charge is 0.142 e. The maximum absolute atomic E-state index is 11.5. The quantitative estimate of drug-likeness (QED) is 0.767. The molecule has 0 aromatic carbocycles. The third kappa shape index (κ3) is 3.30. The zero-order chi connectivity index (χ0) is 10.8. The lowest BCUT2D eigenvalue weighted by atomic mass is 9.98. The molecule has 0 saturated carbocycles. The molecular weight excluding hydrogens is 178 g/mol. The van der Waals surface area contributed by atoms with E-state index in [2.05, 4.69) is 4.98 Å². The Labute approximate surface area is 84.1 Å². The number of carbonyl (C=O) groups excluding carboxylic acids is 1.